The molecule has 0 bridgehead atoms. The maximum Gasteiger partial charge on any atom is 0.325 e. The standard InChI is InChI=1S/C29H34FN7O4/c1-35(2)12-13-36-14-16-37(17-15-36)29(40)33-26-20-23(10-11-31-26)41-25-9-8-22(19-24(25)30)32-28(39)34-27(38)18-21-6-4-3-5-7-21/h3-11,19-20H,12-18H2,1-2H3,(H,31,33,40)(H2,32,34,38,39). The number of nitrogens with zero attached hydrogens (tertiary/aromatic N) is 4. The van der Waals surface area contributed by atoms with Gasteiger partial charge in [0.2, 0.25) is 5.91 Å². The highest BCUT2D eigenvalue weighted by molar-refractivity contribution is 6.01. The molecule has 3 aromatic rings. The number of benzene rings is 2. The second kappa shape index (κ2) is 14.2. The lowest BCUT2D eigenvalue weighted by Gasteiger charge is -2.35. The van der Waals surface area contributed by atoms with Crippen molar-refractivity contribution in [2.45, 2.75) is 6.42 Å². The van der Waals surface area contributed by atoms with Gasteiger partial charge in [0.25, 0.3) is 0 Å². The van der Waals surface area contributed by atoms with Crippen molar-refractivity contribution in [3.05, 3.63) is 78.2 Å². The summed E-state index contributed by atoms with van der Waals surface area (Å²) in [6.07, 6.45) is 1.49. The van der Waals surface area contributed by atoms with E-state index in [0.29, 0.717) is 13.1 Å². The summed E-state index contributed by atoms with van der Waals surface area (Å²) in [4.78, 5) is 47.3. The van der Waals surface area contributed by atoms with E-state index in [1.807, 2.05) is 20.2 Å². The van der Waals surface area contributed by atoms with E-state index < -0.39 is 17.8 Å². The summed E-state index contributed by atoms with van der Waals surface area (Å²) in [5.74, 6) is -0.760. The molecule has 5 amide bonds. The lowest BCUT2D eigenvalue weighted by molar-refractivity contribution is -0.119. The first-order valence-electron chi connectivity index (χ1n) is 13.3. The lowest BCUT2D eigenvalue weighted by Crippen LogP contribution is -2.51. The van der Waals surface area contributed by atoms with E-state index in [0.717, 1.165) is 37.8 Å². The Balaban J connectivity index is 1.26. The molecular formula is C29H34FN7O4. The summed E-state index contributed by atoms with van der Waals surface area (Å²) >= 11 is 0. The van der Waals surface area contributed by atoms with Crippen LogP contribution in [0.25, 0.3) is 0 Å². The Morgan fingerprint density at radius 2 is 1.73 bits per heavy atom. The monoisotopic (exact) mass is 563 g/mol. The maximum atomic E-state index is 14.8. The van der Waals surface area contributed by atoms with Gasteiger partial charge in [0.1, 0.15) is 11.6 Å². The number of amides is 5. The van der Waals surface area contributed by atoms with Crippen LogP contribution in [-0.2, 0) is 11.2 Å². The van der Waals surface area contributed by atoms with Crippen molar-refractivity contribution >= 4 is 29.5 Å². The molecule has 12 heteroatoms. The van der Waals surface area contributed by atoms with E-state index >= 15 is 0 Å². The Morgan fingerprint density at radius 3 is 2.44 bits per heavy atom. The fourth-order valence-corrected chi connectivity index (χ4v) is 4.15. The number of hydrogen-bond donors (Lipinski definition) is 3. The molecule has 0 atom stereocenters. The van der Waals surface area contributed by atoms with Crippen LogP contribution in [0.3, 0.4) is 0 Å². The molecule has 41 heavy (non-hydrogen) atoms. The summed E-state index contributed by atoms with van der Waals surface area (Å²) in [6.45, 7) is 4.74. The van der Waals surface area contributed by atoms with Crippen LogP contribution in [0.1, 0.15) is 5.56 Å². The quantitative estimate of drug-likeness (QED) is 0.364. The number of nitrogens with one attached hydrogen (secondary N) is 3. The van der Waals surface area contributed by atoms with Gasteiger partial charge in [-0.2, -0.15) is 0 Å². The normalized spacial score (nSPS) is 13.5. The summed E-state index contributed by atoms with van der Waals surface area (Å²) in [7, 11) is 4.07. The summed E-state index contributed by atoms with van der Waals surface area (Å²) < 4.78 is 20.4. The van der Waals surface area contributed by atoms with Crippen molar-refractivity contribution in [2.75, 3.05) is 64.0 Å². The number of rotatable bonds is 9. The highest BCUT2D eigenvalue weighted by Gasteiger charge is 2.21. The molecule has 1 fully saturated rings. The van der Waals surface area contributed by atoms with Gasteiger partial charge in [0.05, 0.1) is 6.42 Å². The second-order valence-corrected chi connectivity index (χ2v) is 9.85. The van der Waals surface area contributed by atoms with Crippen molar-refractivity contribution in [1.29, 1.82) is 0 Å². The SMILES string of the molecule is CN(C)CCN1CCN(C(=O)Nc2cc(Oc3ccc(NC(=O)NC(=O)Cc4ccccc4)cc3F)ccn2)CC1. The van der Waals surface area contributed by atoms with E-state index in [2.05, 4.69) is 30.7 Å². The van der Waals surface area contributed by atoms with Crippen LogP contribution < -0.4 is 20.7 Å². The van der Waals surface area contributed by atoms with E-state index in [4.69, 9.17) is 4.74 Å². The third-order valence-electron chi connectivity index (χ3n) is 6.37. The van der Waals surface area contributed by atoms with Crippen LogP contribution in [0.2, 0.25) is 0 Å². The first-order chi connectivity index (χ1) is 19.7. The van der Waals surface area contributed by atoms with Crippen molar-refractivity contribution in [1.82, 2.24) is 25.0 Å². The minimum absolute atomic E-state index is 0.0391. The number of carbonyl (C=O) groups excluding carboxylic acids is 3. The highest BCUT2D eigenvalue weighted by Crippen LogP contribution is 2.27. The fraction of sp³-hybridized carbons (Fsp3) is 0.310. The Labute approximate surface area is 238 Å². The number of imide groups is 1. The van der Waals surface area contributed by atoms with E-state index in [1.54, 1.807) is 29.2 Å². The number of carbonyl (C=O) groups is 3. The van der Waals surface area contributed by atoms with Gasteiger partial charge in [-0.15, -0.1) is 0 Å². The number of urea groups is 2. The van der Waals surface area contributed by atoms with Gasteiger partial charge in [0, 0.05) is 63.3 Å². The highest BCUT2D eigenvalue weighted by atomic mass is 19.1. The zero-order valence-electron chi connectivity index (χ0n) is 23.1. The molecule has 0 radical (unpaired) electrons. The maximum absolute atomic E-state index is 14.8. The number of anilines is 2. The van der Waals surface area contributed by atoms with Crippen molar-refractivity contribution in [2.24, 2.45) is 0 Å². The van der Waals surface area contributed by atoms with Gasteiger partial charge in [-0.1, -0.05) is 30.3 Å². The van der Waals surface area contributed by atoms with Crippen LogP contribution in [0.5, 0.6) is 11.5 Å². The Kier molecular flexibility index (Phi) is 10.2. The largest absolute Gasteiger partial charge is 0.454 e. The third-order valence-corrected chi connectivity index (χ3v) is 6.37. The second-order valence-electron chi connectivity index (χ2n) is 9.85. The van der Waals surface area contributed by atoms with Crippen LogP contribution in [0.4, 0.5) is 25.5 Å². The number of piperazine rings is 1. The number of ether oxygens (including phenoxy) is 1. The number of aromatic nitrogens is 1. The van der Waals surface area contributed by atoms with Crippen LogP contribution in [-0.4, -0.2) is 91.0 Å². The van der Waals surface area contributed by atoms with Crippen LogP contribution >= 0.6 is 0 Å². The van der Waals surface area contributed by atoms with Crippen molar-refractivity contribution in [3.63, 3.8) is 0 Å². The molecule has 1 aromatic heterocycles. The van der Waals surface area contributed by atoms with Crippen molar-refractivity contribution in [3.8, 4) is 11.5 Å². The molecule has 11 nitrogen and oxygen atoms in total. The molecule has 1 saturated heterocycles. The van der Waals surface area contributed by atoms with Gasteiger partial charge in [0.15, 0.2) is 11.6 Å². The van der Waals surface area contributed by atoms with Gasteiger partial charge in [-0.3, -0.25) is 20.3 Å². The smallest absolute Gasteiger partial charge is 0.325 e. The molecule has 0 unspecified atom stereocenters. The first-order valence-corrected chi connectivity index (χ1v) is 13.3. The molecule has 2 heterocycles. The average molecular weight is 564 g/mol. The number of hydrogen-bond acceptors (Lipinski definition) is 7. The molecule has 1 aliphatic heterocycles. The van der Waals surface area contributed by atoms with Crippen molar-refractivity contribution < 1.29 is 23.5 Å². The molecule has 2 aromatic carbocycles. The predicted octanol–water partition coefficient (Wildman–Crippen LogP) is 3.61. The van der Waals surface area contributed by atoms with Crippen LogP contribution in [0.15, 0.2) is 66.9 Å². The molecule has 0 spiro atoms. The van der Waals surface area contributed by atoms with Gasteiger partial charge in [-0.05, 0) is 37.9 Å². The summed E-state index contributed by atoms with van der Waals surface area (Å²) in [5.41, 5.74) is 0.905. The Morgan fingerprint density at radius 1 is 0.976 bits per heavy atom. The van der Waals surface area contributed by atoms with E-state index in [1.165, 1.54) is 30.5 Å². The minimum atomic E-state index is -0.775. The molecule has 3 N–H and O–H groups in total. The fourth-order valence-electron chi connectivity index (χ4n) is 4.15. The number of likely N-dealkylation sites (N-methyl/N-ethyl adjacent to an activating group) is 1. The van der Waals surface area contributed by atoms with E-state index in [-0.39, 0.29) is 35.5 Å². The lowest BCUT2D eigenvalue weighted by atomic mass is 10.1. The minimum Gasteiger partial charge on any atom is -0.454 e. The molecule has 0 aliphatic carbocycles. The summed E-state index contributed by atoms with van der Waals surface area (Å²) in [5, 5.41) is 7.42. The third kappa shape index (κ3) is 9.26. The average Bonchev–Trinajstić information content (AvgIpc) is 2.94. The predicted molar refractivity (Wildman–Crippen MR) is 154 cm³/mol. The Bertz CT molecular complexity index is 1350. The molecule has 216 valence electrons. The van der Waals surface area contributed by atoms with Gasteiger partial charge >= 0.3 is 12.1 Å². The van der Waals surface area contributed by atoms with E-state index in [9.17, 15) is 18.8 Å². The number of pyridine rings is 1. The van der Waals surface area contributed by atoms with Gasteiger partial charge < -0.3 is 19.9 Å². The van der Waals surface area contributed by atoms with Gasteiger partial charge in [-0.25, -0.2) is 19.0 Å². The molecule has 4 rings (SSSR count). The Hall–Kier alpha value is -4.55. The van der Waals surface area contributed by atoms with Crippen LogP contribution in [0, 0.1) is 5.82 Å². The topological polar surface area (TPSA) is 119 Å². The summed E-state index contributed by atoms with van der Waals surface area (Å²) in [6, 6.07) is 14.9. The zero-order chi connectivity index (χ0) is 29.2. The molecular weight excluding hydrogens is 529 g/mol. The molecule has 1 aliphatic rings. The number of halogens is 1. The zero-order valence-corrected chi connectivity index (χ0v) is 23.1. The first kappa shape index (κ1) is 29.4. The molecule has 0 saturated carbocycles.